The van der Waals surface area contributed by atoms with Gasteiger partial charge in [-0.3, -0.25) is 14.5 Å². The Bertz CT molecular complexity index is 725. The third kappa shape index (κ3) is 7.94. The van der Waals surface area contributed by atoms with Crippen LogP contribution in [0.5, 0.6) is 5.88 Å². The van der Waals surface area contributed by atoms with E-state index in [-0.39, 0.29) is 0 Å². The van der Waals surface area contributed by atoms with Gasteiger partial charge in [0.2, 0.25) is 5.88 Å². The first-order valence-corrected chi connectivity index (χ1v) is 11.8. The van der Waals surface area contributed by atoms with Crippen LogP contribution >= 0.6 is 0 Å². The lowest BCUT2D eigenvalue weighted by atomic mass is 9.94. The normalized spacial score (nSPS) is 20.4. The molecule has 0 atom stereocenters. The first kappa shape index (κ1) is 24.3. The Balaban J connectivity index is 0.000000312. The summed E-state index contributed by atoms with van der Waals surface area (Å²) in [6.07, 6.45) is 12.0. The quantitative estimate of drug-likeness (QED) is 0.612. The van der Waals surface area contributed by atoms with Gasteiger partial charge in [-0.15, -0.1) is 5.10 Å². The Kier molecular flexibility index (Phi) is 9.55. The number of nitrogens with zero attached hydrogens (tertiary/aromatic N) is 4. The van der Waals surface area contributed by atoms with E-state index in [0.29, 0.717) is 12.2 Å². The van der Waals surface area contributed by atoms with Crippen molar-refractivity contribution in [3.8, 4) is 5.88 Å². The predicted octanol–water partition coefficient (Wildman–Crippen LogP) is 2.26. The molecule has 32 heavy (non-hydrogen) atoms. The van der Waals surface area contributed by atoms with Crippen LogP contribution in [-0.2, 0) is 22.6 Å². The highest BCUT2D eigenvalue weighted by Crippen LogP contribution is 2.23. The molecule has 1 aromatic heterocycles. The van der Waals surface area contributed by atoms with Crippen LogP contribution in [0.3, 0.4) is 0 Å². The number of fused-ring (bicyclic) bond motifs is 1. The number of ether oxygens (including phenoxy) is 1. The van der Waals surface area contributed by atoms with Gasteiger partial charge in [-0.2, -0.15) is 0 Å². The summed E-state index contributed by atoms with van der Waals surface area (Å²) >= 11 is 0. The van der Waals surface area contributed by atoms with E-state index in [2.05, 4.69) is 25.6 Å². The molecule has 4 rings (SSSR count). The fraction of sp³-hybridized carbons (Fsp3) is 0.696. The molecule has 2 aliphatic heterocycles. The maximum Gasteiger partial charge on any atom is 0.328 e. The number of carboxylic acids is 2. The minimum atomic E-state index is -1.26. The van der Waals surface area contributed by atoms with Gasteiger partial charge in [0.05, 0.1) is 0 Å². The zero-order valence-electron chi connectivity index (χ0n) is 18.8. The molecule has 0 aromatic carbocycles. The molecular weight excluding hydrogens is 412 g/mol. The van der Waals surface area contributed by atoms with Crippen LogP contribution in [0.1, 0.15) is 50.6 Å². The lowest BCUT2D eigenvalue weighted by Gasteiger charge is -2.40. The molecule has 0 bridgehead atoms. The second kappa shape index (κ2) is 12.6. The molecule has 3 heterocycles. The molecule has 0 unspecified atom stereocenters. The van der Waals surface area contributed by atoms with Crippen molar-refractivity contribution in [2.45, 2.75) is 64.0 Å². The number of hydrogen-bond donors (Lipinski definition) is 2. The van der Waals surface area contributed by atoms with Crippen LogP contribution in [0.25, 0.3) is 0 Å². The monoisotopic (exact) mass is 448 g/mol. The fourth-order valence-electron chi connectivity index (χ4n) is 4.68. The molecule has 2 N–H and O–H groups in total. The molecule has 0 spiro atoms. The van der Waals surface area contributed by atoms with Crippen molar-refractivity contribution in [2.75, 3.05) is 39.3 Å². The molecule has 1 saturated carbocycles. The average Bonchev–Trinajstić information content (AvgIpc) is 3.22. The topological polar surface area (TPSA) is 108 Å². The summed E-state index contributed by atoms with van der Waals surface area (Å²) in [4.78, 5) is 24.4. The SMILES string of the molecule is O=C(O)/C=C\C(=O)O.c1c(OCCN2CCN(C3CCCCC3)CC2)nn2c1CCCC2. The summed E-state index contributed by atoms with van der Waals surface area (Å²) in [5, 5.41) is 20.2. The third-order valence-electron chi connectivity index (χ3n) is 6.42. The van der Waals surface area contributed by atoms with E-state index < -0.39 is 11.9 Å². The molecule has 1 saturated heterocycles. The Morgan fingerprint density at radius 3 is 2.28 bits per heavy atom. The molecule has 3 aliphatic rings. The summed E-state index contributed by atoms with van der Waals surface area (Å²) < 4.78 is 8.04. The number of rotatable bonds is 7. The number of aryl methyl sites for hydroxylation is 2. The van der Waals surface area contributed by atoms with Gasteiger partial charge in [-0.25, -0.2) is 9.59 Å². The van der Waals surface area contributed by atoms with E-state index in [1.165, 1.54) is 76.8 Å². The Morgan fingerprint density at radius 2 is 1.66 bits per heavy atom. The predicted molar refractivity (Wildman–Crippen MR) is 120 cm³/mol. The standard InChI is InChI=1S/C19H32N4O.C4H4O4/c1-2-6-17(7-3-1)22-12-10-21(11-13-22)14-15-24-19-16-18-8-4-5-9-23(18)20-19;5-3(6)1-2-4(7)8/h16-17H,1-15H2;1-2H,(H,5,6)(H,7,8)/b;2-1-. The largest absolute Gasteiger partial charge is 0.478 e. The van der Waals surface area contributed by atoms with Crippen LogP contribution in [-0.4, -0.2) is 87.1 Å². The highest BCUT2D eigenvalue weighted by molar-refractivity contribution is 5.89. The van der Waals surface area contributed by atoms with E-state index in [0.717, 1.165) is 38.0 Å². The first-order chi connectivity index (χ1) is 15.5. The average molecular weight is 449 g/mol. The van der Waals surface area contributed by atoms with Gasteiger partial charge in [0.1, 0.15) is 6.61 Å². The first-order valence-electron chi connectivity index (χ1n) is 11.8. The summed E-state index contributed by atoms with van der Waals surface area (Å²) in [6.45, 7) is 7.72. The van der Waals surface area contributed by atoms with E-state index in [4.69, 9.17) is 14.9 Å². The second-order valence-corrected chi connectivity index (χ2v) is 8.68. The van der Waals surface area contributed by atoms with Crippen molar-refractivity contribution in [2.24, 2.45) is 0 Å². The molecule has 0 amide bonds. The molecule has 1 aromatic rings. The van der Waals surface area contributed by atoms with Gasteiger partial charge in [-0.05, 0) is 32.1 Å². The highest BCUT2D eigenvalue weighted by Gasteiger charge is 2.25. The Hall–Kier alpha value is -2.39. The smallest absolute Gasteiger partial charge is 0.328 e. The van der Waals surface area contributed by atoms with Crippen molar-refractivity contribution in [1.29, 1.82) is 0 Å². The van der Waals surface area contributed by atoms with E-state index in [1.807, 2.05) is 0 Å². The number of hydrogen-bond acceptors (Lipinski definition) is 6. The van der Waals surface area contributed by atoms with Gasteiger partial charge in [0.25, 0.3) is 0 Å². The highest BCUT2D eigenvalue weighted by atomic mass is 16.5. The van der Waals surface area contributed by atoms with Crippen LogP contribution < -0.4 is 4.74 Å². The minimum absolute atomic E-state index is 0.558. The molecule has 2 fully saturated rings. The number of carbonyl (C=O) groups is 2. The van der Waals surface area contributed by atoms with Gasteiger partial charge in [0, 0.05) is 69.2 Å². The van der Waals surface area contributed by atoms with Crippen molar-refractivity contribution < 1.29 is 24.5 Å². The van der Waals surface area contributed by atoms with Crippen LogP contribution in [0.4, 0.5) is 0 Å². The Morgan fingerprint density at radius 1 is 0.969 bits per heavy atom. The van der Waals surface area contributed by atoms with E-state index in [9.17, 15) is 9.59 Å². The summed E-state index contributed by atoms with van der Waals surface area (Å²) in [5.41, 5.74) is 1.34. The zero-order chi connectivity index (χ0) is 22.8. The molecule has 178 valence electrons. The maximum atomic E-state index is 9.55. The fourth-order valence-corrected chi connectivity index (χ4v) is 4.68. The third-order valence-corrected chi connectivity index (χ3v) is 6.42. The Labute approximate surface area is 189 Å². The van der Waals surface area contributed by atoms with Crippen molar-refractivity contribution in [1.82, 2.24) is 19.6 Å². The van der Waals surface area contributed by atoms with Crippen LogP contribution in [0, 0.1) is 0 Å². The van der Waals surface area contributed by atoms with E-state index in [1.54, 1.807) is 0 Å². The number of piperazine rings is 1. The number of aliphatic carboxylic acids is 2. The summed E-state index contributed by atoms with van der Waals surface area (Å²) in [6, 6.07) is 3.01. The lowest BCUT2D eigenvalue weighted by molar-refractivity contribution is -0.134. The van der Waals surface area contributed by atoms with E-state index >= 15 is 0 Å². The molecule has 1 aliphatic carbocycles. The van der Waals surface area contributed by atoms with Gasteiger partial charge >= 0.3 is 11.9 Å². The molecular formula is C23H36N4O5. The maximum absolute atomic E-state index is 9.55. The van der Waals surface area contributed by atoms with Crippen LogP contribution in [0.15, 0.2) is 18.2 Å². The number of aromatic nitrogens is 2. The summed E-state index contributed by atoms with van der Waals surface area (Å²) in [5.74, 6) is -1.69. The number of carboxylic acid groups (broad SMARTS) is 2. The van der Waals surface area contributed by atoms with Gasteiger partial charge in [-0.1, -0.05) is 19.3 Å². The zero-order valence-corrected chi connectivity index (χ0v) is 18.8. The van der Waals surface area contributed by atoms with Crippen molar-refractivity contribution >= 4 is 11.9 Å². The second-order valence-electron chi connectivity index (χ2n) is 8.68. The van der Waals surface area contributed by atoms with Gasteiger partial charge < -0.3 is 14.9 Å². The van der Waals surface area contributed by atoms with Crippen molar-refractivity contribution in [3.63, 3.8) is 0 Å². The molecule has 9 nitrogen and oxygen atoms in total. The lowest BCUT2D eigenvalue weighted by Crippen LogP contribution is -2.51. The van der Waals surface area contributed by atoms with Crippen LogP contribution in [0.2, 0.25) is 0 Å². The minimum Gasteiger partial charge on any atom is -0.478 e. The molecule has 0 radical (unpaired) electrons. The van der Waals surface area contributed by atoms with Gasteiger partial charge in [0.15, 0.2) is 0 Å². The van der Waals surface area contributed by atoms with Crippen molar-refractivity contribution in [3.05, 3.63) is 23.9 Å². The molecule has 9 heteroatoms. The summed E-state index contributed by atoms with van der Waals surface area (Å²) in [7, 11) is 0.